The molecule has 1 saturated heterocycles. The van der Waals surface area contributed by atoms with Crippen molar-refractivity contribution in [1.82, 2.24) is 10.2 Å². The Balaban J connectivity index is 2.44. The first-order chi connectivity index (χ1) is 10.2. The van der Waals surface area contributed by atoms with Crippen LogP contribution in [0.2, 0.25) is 0 Å². The Morgan fingerprint density at radius 1 is 1.32 bits per heavy atom. The lowest BCUT2D eigenvalue weighted by Gasteiger charge is -2.30. The number of unbranched alkanes of at least 4 members (excludes halogenated alkanes) is 1. The maximum atomic E-state index is 12.3. The summed E-state index contributed by atoms with van der Waals surface area (Å²) in [7, 11) is 0. The van der Waals surface area contributed by atoms with Gasteiger partial charge in [0.1, 0.15) is 5.60 Å². The van der Waals surface area contributed by atoms with Crippen LogP contribution in [0.3, 0.4) is 0 Å². The van der Waals surface area contributed by atoms with Crippen molar-refractivity contribution in [2.24, 2.45) is 0 Å². The number of carbonyl (C=O) groups is 1. The Labute approximate surface area is 137 Å². The van der Waals surface area contributed by atoms with Gasteiger partial charge in [0.25, 0.3) is 0 Å². The molecule has 3 unspecified atom stereocenters. The summed E-state index contributed by atoms with van der Waals surface area (Å²) in [5.74, 6) is 0. The second-order valence-electron chi connectivity index (χ2n) is 7.82. The topological polar surface area (TPSA) is 41.6 Å². The molecule has 3 atom stereocenters. The molecule has 1 aliphatic rings. The fourth-order valence-electron chi connectivity index (χ4n) is 3.20. The van der Waals surface area contributed by atoms with Crippen molar-refractivity contribution < 1.29 is 9.53 Å². The number of hydrogen-bond donors (Lipinski definition) is 1. The molecule has 0 aromatic heterocycles. The van der Waals surface area contributed by atoms with Gasteiger partial charge in [-0.15, -0.1) is 0 Å². The number of likely N-dealkylation sites (tertiary alicyclic amines) is 1. The molecule has 0 aromatic carbocycles. The standard InChI is InChI=1S/C18H36N2O2/c1-7-8-10-14(2)19-15(3)13-16-11-9-12-20(16)17(21)22-18(4,5)6/h14-16,19H,7-13H2,1-6H3. The molecule has 1 fully saturated rings. The first-order valence-corrected chi connectivity index (χ1v) is 8.98. The van der Waals surface area contributed by atoms with Crippen molar-refractivity contribution in [3.05, 3.63) is 0 Å². The van der Waals surface area contributed by atoms with Crippen LogP contribution >= 0.6 is 0 Å². The number of rotatable bonds is 7. The molecular formula is C18H36N2O2. The summed E-state index contributed by atoms with van der Waals surface area (Å²) in [5, 5.41) is 3.67. The summed E-state index contributed by atoms with van der Waals surface area (Å²) in [5.41, 5.74) is -0.414. The number of hydrogen-bond acceptors (Lipinski definition) is 3. The smallest absolute Gasteiger partial charge is 0.410 e. The monoisotopic (exact) mass is 312 g/mol. The van der Waals surface area contributed by atoms with Crippen molar-refractivity contribution >= 4 is 6.09 Å². The number of nitrogens with zero attached hydrogens (tertiary/aromatic N) is 1. The van der Waals surface area contributed by atoms with E-state index in [1.165, 1.54) is 19.3 Å². The molecule has 0 radical (unpaired) electrons. The predicted octanol–water partition coefficient (Wildman–Crippen LogP) is 4.33. The zero-order valence-electron chi connectivity index (χ0n) is 15.4. The van der Waals surface area contributed by atoms with Crippen molar-refractivity contribution in [3.63, 3.8) is 0 Å². The van der Waals surface area contributed by atoms with Crippen molar-refractivity contribution in [3.8, 4) is 0 Å². The summed E-state index contributed by atoms with van der Waals surface area (Å²) in [6, 6.07) is 1.29. The predicted molar refractivity (Wildman–Crippen MR) is 92.2 cm³/mol. The largest absolute Gasteiger partial charge is 0.444 e. The average Bonchev–Trinajstić information content (AvgIpc) is 2.82. The van der Waals surface area contributed by atoms with E-state index in [0.717, 1.165) is 25.8 Å². The van der Waals surface area contributed by atoms with E-state index in [4.69, 9.17) is 4.74 Å². The molecule has 22 heavy (non-hydrogen) atoms. The van der Waals surface area contributed by atoms with Crippen molar-refractivity contribution in [2.45, 2.75) is 104 Å². The lowest BCUT2D eigenvalue weighted by molar-refractivity contribution is 0.0214. The van der Waals surface area contributed by atoms with Gasteiger partial charge in [-0.05, 0) is 60.3 Å². The van der Waals surface area contributed by atoms with E-state index < -0.39 is 5.60 Å². The van der Waals surface area contributed by atoms with Gasteiger partial charge in [0.2, 0.25) is 0 Å². The van der Waals surface area contributed by atoms with Gasteiger partial charge in [-0.2, -0.15) is 0 Å². The van der Waals surface area contributed by atoms with Crippen LogP contribution < -0.4 is 5.32 Å². The average molecular weight is 312 g/mol. The minimum Gasteiger partial charge on any atom is -0.444 e. The van der Waals surface area contributed by atoms with Gasteiger partial charge in [0.05, 0.1) is 0 Å². The zero-order chi connectivity index (χ0) is 16.8. The van der Waals surface area contributed by atoms with Crippen LogP contribution in [-0.2, 0) is 4.74 Å². The SMILES string of the molecule is CCCCC(C)NC(C)CC1CCCN1C(=O)OC(C)(C)C. The summed E-state index contributed by atoms with van der Waals surface area (Å²) < 4.78 is 5.53. The molecule has 130 valence electrons. The van der Waals surface area contributed by atoms with E-state index in [1.807, 2.05) is 25.7 Å². The first-order valence-electron chi connectivity index (χ1n) is 8.98. The van der Waals surface area contributed by atoms with Gasteiger partial charge in [-0.25, -0.2) is 4.79 Å². The maximum Gasteiger partial charge on any atom is 0.410 e. The molecular weight excluding hydrogens is 276 g/mol. The molecule has 0 saturated carbocycles. The summed E-state index contributed by atoms with van der Waals surface area (Å²) >= 11 is 0. The Morgan fingerprint density at radius 2 is 2.00 bits per heavy atom. The third kappa shape index (κ3) is 6.99. The second-order valence-corrected chi connectivity index (χ2v) is 7.82. The van der Waals surface area contributed by atoms with E-state index in [1.54, 1.807) is 0 Å². The zero-order valence-corrected chi connectivity index (χ0v) is 15.4. The van der Waals surface area contributed by atoms with Gasteiger partial charge in [-0.1, -0.05) is 19.8 Å². The van der Waals surface area contributed by atoms with Gasteiger partial charge in [0, 0.05) is 24.7 Å². The molecule has 1 amide bonds. The second kappa shape index (κ2) is 8.76. The summed E-state index contributed by atoms with van der Waals surface area (Å²) in [4.78, 5) is 14.2. The minimum atomic E-state index is -0.414. The van der Waals surface area contributed by atoms with E-state index in [0.29, 0.717) is 18.1 Å². The highest BCUT2D eigenvalue weighted by Gasteiger charge is 2.32. The van der Waals surface area contributed by atoms with Crippen LogP contribution in [0.1, 0.15) is 80.1 Å². The van der Waals surface area contributed by atoms with Crippen LogP contribution in [0.5, 0.6) is 0 Å². The van der Waals surface area contributed by atoms with E-state index in [-0.39, 0.29) is 6.09 Å². The molecule has 0 bridgehead atoms. The third-order valence-electron chi connectivity index (χ3n) is 4.19. The molecule has 1 N–H and O–H groups in total. The fraction of sp³-hybridized carbons (Fsp3) is 0.944. The van der Waals surface area contributed by atoms with Gasteiger partial charge < -0.3 is 15.0 Å². The van der Waals surface area contributed by atoms with E-state index in [2.05, 4.69) is 26.1 Å². The van der Waals surface area contributed by atoms with Gasteiger partial charge >= 0.3 is 6.09 Å². The Bertz CT molecular complexity index is 338. The summed E-state index contributed by atoms with van der Waals surface area (Å²) in [6.07, 6.45) is 6.78. The van der Waals surface area contributed by atoms with Gasteiger partial charge in [-0.3, -0.25) is 0 Å². The Morgan fingerprint density at radius 3 is 2.59 bits per heavy atom. The molecule has 1 aliphatic heterocycles. The molecule has 1 heterocycles. The lowest BCUT2D eigenvalue weighted by Crippen LogP contribution is -2.44. The Hall–Kier alpha value is -0.770. The number of nitrogens with one attached hydrogen (secondary N) is 1. The van der Waals surface area contributed by atoms with E-state index in [9.17, 15) is 4.79 Å². The molecule has 0 aromatic rings. The van der Waals surface area contributed by atoms with Crippen LogP contribution in [0.4, 0.5) is 4.79 Å². The van der Waals surface area contributed by atoms with Gasteiger partial charge in [0.15, 0.2) is 0 Å². The normalized spacial score (nSPS) is 21.7. The van der Waals surface area contributed by atoms with Crippen molar-refractivity contribution in [2.75, 3.05) is 6.54 Å². The molecule has 0 spiro atoms. The van der Waals surface area contributed by atoms with Crippen LogP contribution in [0.25, 0.3) is 0 Å². The highest BCUT2D eigenvalue weighted by molar-refractivity contribution is 5.68. The number of carbonyl (C=O) groups excluding carboxylic acids is 1. The van der Waals surface area contributed by atoms with E-state index >= 15 is 0 Å². The molecule has 0 aliphatic carbocycles. The quantitative estimate of drug-likeness (QED) is 0.760. The number of ether oxygens (including phenoxy) is 1. The first kappa shape index (κ1) is 19.3. The molecule has 4 nitrogen and oxygen atoms in total. The van der Waals surface area contributed by atoms with Crippen LogP contribution in [-0.4, -0.2) is 41.3 Å². The number of amides is 1. The third-order valence-corrected chi connectivity index (χ3v) is 4.19. The maximum absolute atomic E-state index is 12.3. The highest BCUT2D eigenvalue weighted by atomic mass is 16.6. The molecule has 4 heteroatoms. The fourth-order valence-corrected chi connectivity index (χ4v) is 3.20. The Kier molecular flexibility index (Phi) is 7.67. The van der Waals surface area contributed by atoms with Crippen LogP contribution in [0.15, 0.2) is 0 Å². The lowest BCUT2D eigenvalue weighted by atomic mass is 10.0. The molecule has 1 rings (SSSR count). The van der Waals surface area contributed by atoms with Crippen LogP contribution in [0, 0.1) is 0 Å². The summed E-state index contributed by atoms with van der Waals surface area (Å²) in [6.45, 7) is 13.3. The van der Waals surface area contributed by atoms with Crippen molar-refractivity contribution in [1.29, 1.82) is 0 Å². The highest BCUT2D eigenvalue weighted by Crippen LogP contribution is 2.24. The minimum absolute atomic E-state index is 0.152.